The highest BCUT2D eigenvalue weighted by Crippen LogP contribution is 2.33. The molecule has 0 fully saturated rings. The van der Waals surface area contributed by atoms with Crippen LogP contribution in [0.4, 0.5) is 0 Å². The highest BCUT2D eigenvalue weighted by molar-refractivity contribution is 6.15. The summed E-state index contributed by atoms with van der Waals surface area (Å²) in [6.07, 6.45) is 5.76. The molecule has 0 aliphatic rings. The van der Waals surface area contributed by atoms with Crippen molar-refractivity contribution >= 4 is 23.3 Å². The average molecular weight is 408 g/mol. The molecule has 0 atom stereocenters. The molecule has 0 unspecified atom stereocenters. The molecular formula is C27H25N3O. The van der Waals surface area contributed by atoms with Crippen LogP contribution in [0.5, 0.6) is 0 Å². The first-order valence-corrected chi connectivity index (χ1v) is 10.2. The minimum absolute atomic E-state index is 0.0190. The summed E-state index contributed by atoms with van der Waals surface area (Å²) in [6, 6.07) is 22.2. The van der Waals surface area contributed by atoms with Crippen LogP contribution in [-0.4, -0.2) is 24.1 Å². The monoisotopic (exact) mass is 407 g/mol. The molecule has 0 spiro atoms. The molecule has 0 saturated heterocycles. The maximum absolute atomic E-state index is 13.6. The van der Waals surface area contributed by atoms with Crippen LogP contribution in [0.1, 0.15) is 21.5 Å². The van der Waals surface area contributed by atoms with Crippen molar-refractivity contribution in [2.24, 2.45) is 4.99 Å². The second-order valence-electron chi connectivity index (χ2n) is 7.51. The molecular weight excluding hydrogens is 382 g/mol. The van der Waals surface area contributed by atoms with Gasteiger partial charge in [-0.25, -0.2) is 0 Å². The normalized spacial score (nSPS) is 11.5. The smallest absolute Gasteiger partial charge is 0.195 e. The maximum Gasteiger partial charge on any atom is 0.195 e. The fourth-order valence-corrected chi connectivity index (χ4v) is 3.92. The number of nitrogens with zero attached hydrogens (tertiary/aromatic N) is 2. The highest BCUT2D eigenvalue weighted by Gasteiger charge is 2.20. The largest absolute Gasteiger partial charge is 0.392 e. The van der Waals surface area contributed by atoms with Crippen molar-refractivity contribution in [3.05, 3.63) is 108 Å². The van der Waals surface area contributed by atoms with E-state index in [1.165, 1.54) is 0 Å². The molecule has 0 amide bonds. The molecule has 3 aromatic carbocycles. The fourth-order valence-electron chi connectivity index (χ4n) is 3.92. The van der Waals surface area contributed by atoms with Crippen LogP contribution in [0.25, 0.3) is 21.9 Å². The molecule has 1 aromatic heterocycles. The second-order valence-corrected chi connectivity index (χ2v) is 7.51. The summed E-state index contributed by atoms with van der Waals surface area (Å²) in [5.74, 6) is 0.0190. The number of rotatable bonds is 7. The molecule has 4 nitrogen and oxygen atoms in total. The third-order valence-electron chi connectivity index (χ3n) is 5.45. The Balaban J connectivity index is 1.90. The summed E-state index contributed by atoms with van der Waals surface area (Å²) in [5.41, 5.74) is 5.11. The molecule has 4 rings (SSSR count). The van der Waals surface area contributed by atoms with Crippen LogP contribution in [0.2, 0.25) is 0 Å². The van der Waals surface area contributed by atoms with Gasteiger partial charge in [-0.1, -0.05) is 66.7 Å². The molecule has 1 N–H and O–H groups in total. The Hall–Kier alpha value is -3.92. The van der Waals surface area contributed by atoms with Gasteiger partial charge in [0.15, 0.2) is 5.78 Å². The van der Waals surface area contributed by atoms with Gasteiger partial charge in [-0.15, -0.1) is 0 Å². The lowest BCUT2D eigenvalue weighted by Gasteiger charge is -2.09. The number of hydrogen-bond acceptors (Lipinski definition) is 3. The Morgan fingerprint density at radius 3 is 2.48 bits per heavy atom. The number of carbonyl (C=O) groups excluding carboxylic acids is 1. The first kappa shape index (κ1) is 20.4. The molecule has 0 saturated carbocycles. The molecule has 0 aliphatic carbocycles. The van der Waals surface area contributed by atoms with Crippen molar-refractivity contribution in [2.45, 2.75) is 13.5 Å². The van der Waals surface area contributed by atoms with Crippen LogP contribution in [0.3, 0.4) is 0 Å². The van der Waals surface area contributed by atoms with E-state index in [0.717, 1.165) is 38.7 Å². The number of allylic oxidation sites excluding steroid dienone is 1. The third kappa shape index (κ3) is 4.05. The molecule has 154 valence electrons. The lowest BCUT2D eigenvalue weighted by atomic mass is 9.93. The number of fused-ring (bicyclic) bond motifs is 1. The number of aromatic nitrogens is 1. The van der Waals surface area contributed by atoms with Crippen LogP contribution in [0.15, 0.2) is 96.0 Å². The second kappa shape index (κ2) is 8.84. The minimum Gasteiger partial charge on any atom is -0.392 e. The molecule has 0 radical (unpaired) electrons. The van der Waals surface area contributed by atoms with E-state index in [1.807, 2.05) is 79.6 Å². The standard InChI is InChI=1S/C27H25N3O/c1-19-9-4-6-12-22(19)27(31)26-18-30(16-21(29-3)15-28-2)17-25(26)24-14-8-11-20-10-5-7-13-23(20)24/h4-15,17-18,28H,3,16H2,1-2H3/b21-15-. The number of carbonyl (C=O) groups is 1. The Bertz CT molecular complexity index is 1290. The predicted molar refractivity (Wildman–Crippen MR) is 129 cm³/mol. The van der Waals surface area contributed by atoms with E-state index in [9.17, 15) is 4.79 Å². The Kier molecular flexibility index (Phi) is 5.80. The van der Waals surface area contributed by atoms with Crippen molar-refractivity contribution in [3.8, 4) is 11.1 Å². The zero-order chi connectivity index (χ0) is 21.8. The summed E-state index contributed by atoms with van der Waals surface area (Å²) >= 11 is 0. The quantitative estimate of drug-likeness (QED) is 0.320. The fraction of sp³-hybridized carbons (Fsp3) is 0.111. The number of ketones is 1. The molecule has 31 heavy (non-hydrogen) atoms. The Labute approximate surface area is 182 Å². The van der Waals surface area contributed by atoms with Crippen molar-refractivity contribution in [3.63, 3.8) is 0 Å². The average Bonchev–Trinajstić information content (AvgIpc) is 3.22. The van der Waals surface area contributed by atoms with Crippen molar-refractivity contribution in [2.75, 3.05) is 7.05 Å². The molecule has 4 heteroatoms. The third-order valence-corrected chi connectivity index (χ3v) is 5.45. The van der Waals surface area contributed by atoms with Gasteiger partial charge in [-0.3, -0.25) is 9.79 Å². The molecule has 4 aromatic rings. The van der Waals surface area contributed by atoms with E-state index in [4.69, 9.17) is 0 Å². The van der Waals surface area contributed by atoms with Crippen molar-refractivity contribution in [1.29, 1.82) is 0 Å². The van der Waals surface area contributed by atoms with Crippen LogP contribution < -0.4 is 5.32 Å². The number of hydrogen-bond donors (Lipinski definition) is 1. The SMILES string of the molecule is C=N/C(=C\NC)Cn1cc(C(=O)c2ccccc2C)c(-c2cccc3ccccc23)c1. The van der Waals surface area contributed by atoms with Crippen LogP contribution in [-0.2, 0) is 6.54 Å². The number of aliphatic imine (C=N–C) groups is 1. The van der Waals surface area contributed by atoms with Gasteiger partial charge >= 0.3 is 0 Å². The topological polar surface area (TPSA) is 46.4 Å². The highest BCUT2D eigenvalue weighted by atomic mass is 16.1. The minimum atomic E-state index is 0.0190. The van der Waals surface area contributed by atoms with E-state index in [2.05, 4.69) is 41.3 Å². The van der Waals surface area contributed by atoms with E-state index >= 15 is 0 Å². The van der Waals surface area contributed by atoms with Crippen LogP contribution in [0, 0.1) is 6.92 Å². The van der Waals surface area contributed by atoms with Gasteiger partial charge in [-0.05, 0) is 35.5 Å². The maximum atomic E-state index is 13.6. The summed E-state index contributed by atoms with van der Waals surface area (Å²) in [7, 11) is 1.83. The lowest BCUT2D eigenvalue weighted by molar-refractivity contribution is 0.103. The molecule has 0 bridgehead atoms. The summed E-state index contributed by atoms with van der Waals surface area (Å²) < 4.78 is 2.00. The van der Waals surface area contributed by atoms with Gasteiger partial charge in [0, 0.05) is 42.3 Å². The zero-order valence-electron chi connectivity index (χ0n) is 17.8. The van der Waals surface area contributed by atoms with Crippen LogP contribution >= 0.6 is 0 Å². The van der Waals surface area contributed by atoms with E-state index in [-0.39, 0.29) is 5.78 Å². The Morgan fingerprint density at radius 2 is 1.71 bits per heavy atom. The molecule has 0 aliphatic heterocycles. The molecule has 1 heterocycles. The van der Waals surface area contributed by atoms with Gasteiger partial charge in [0.25, 0.3) is 0 Å². The lowest BCUT2D eigenvalue weighted by Crippen LogP contribution is -2.05. The summed E-state index contributed by atoms with van der Waals surface area (Å²) in [6.45, 7) is 6.15. The summed E-state index contributed by atoms with van der Waals surface area (Å²) in [4.78, 5) is 17.7. The van der Waals surface area contributed by atoms with E-state index < -0.39 is 0 Å². The van der Waals surface area contributed by atoms with Gasteiger partial charge < -0.3 is 9.88 Å². The zero-order valence-corrected chi connectivity index (χ0v) is 17.8. The van der Waals surface area contributed by atoms with Crippen molar-refractivity contribution in [1.82, 2.24) is 9.88 Å². The van der Waals surface area contributed by atoms with Gasteiger partial charge in [0.2, 0.25) is 0 Å². The predicted octanol–water partition coefficient (Wildman–Crippen LogP) is 5.61. The number of aryl methyl sites for hydroxylation is 1. The van der Waals surface area contributed by atoms with Gasteiger partial charge in [0.05, 0.1) is 12.2 Å². The Morgan fingerprint density at radius 1 is 0.968 bits per heavy atom. The van der Waals surface area contributed by atoms with E-state index in [1.54, 1.807) is 0 Å². The van der Waals surface area contributed by atoms with Gasteiger partial charge in [0.1, 0.15) is 0 Å². The van der Waals surface area contributed by atoms with E-state index in [0.29, 0.717) is 12.1 Å². The first-order valence-electron chi connectivity index (χ1n) is 10.2. The first-order chi connectivity index (χ1) is 15.1. The van der Waals surface area contributed by atoms with Crippen molar-refractivity contribution < 1.29 is 4.79 Å². The number of benzene rings is 3. The number of nitrogens with one attached hydrogen (secondary N) is 1. The van der Waals surface area contributed by atoms with Gasteiger partial charge in [-0.2, -0.15) is 0 Å². The summed E-state index contributed by atoms with van der Waals surface area (Å²) in [5, 5.41) is 5.26.